The molecule has 0 heterocycles. The van der Waals surface area contributed by atoms with Crippen molar-refractivity contribution < 1.29 is 9.90 Å². The van der Waals surface area contributed by atoms with Gasteiger partial charge in [0.25, 0.3) is 0 Å². The lowest BCUT2D eigenvalue weighted by Gasteiger charge is -2.22. The summed E-state index contributed by atoms with van der Waals surface area (Å²) < 4.78 is 0. The van der Waals surface area contributed by atoms with Gasteiger partial charge in [-0.25, -0.2) is 0 Å². The summed E-state index contributed by atoms with van der Waals surface area (Å²) in [5.74, 6) is -0.0780. The van der Waals surface area contributed by atoms with E-state index < -0.39 is 5.97 Å². The first-order valence-electron chi connectivity index (χ1n) is 6.56. The zero-order valence-electron chi connectivity index (χ0n) is 11.3. The predicted octanol–water partition coefficient (Wildman–Crippen LogP) is 3.01. The molecule has 0 fully saturated rings. The quantitative estimate of drug-likeness (QED) is 0.770. The second-order valence-electron chi connectivity index (χ2n) is 5.09. The van der Waals surface area contributed by atoms with Crippen LogP contribution in [0.3, 0.4) is 0 Å². The van der Waals surface area contributed by atoms with Crippen LogP contribution >= 0.6 is 0 Å². The van der Waals surface area contributed by atoms with Crippen molar-refractivity contribution in [2.75, 3.05) is 13.1 Å². The normalized spacial score (nSPS) is 11.1. The lowest BCUT2D eigenvalue weighted by molar-refractivity contribution is -0.137. The van der Waals surface area contributed by atoms with Gasteiger partial charge in [-0.15, -0.1) is 0 Å². The summed E-state index contributed by atoms with van der Waals surface area (Å²) in [6.45, 7) is 6.80. The van der Waals surface area contributed by atoms with E-state index in [1.807, 2.05) is 18.2 Å². The van der Waals surface area contributed by atoms with Crippen LogP contribution in [0.4, 0.5) is 0 Å². The minimum absolute atomic E-state index is 0.213. The van der Waals surface area contributed by atoms with E-state index in [2.05, 4.69) is 30.9 Å². The molecule has 1 rings (SSSR count). The van der Waals surface area contributed by atoms with Crippen LogP contribution < -0.4 is 0 Å². The fourth-order valence-corrected chi connectivity index (χ4v) is 1.81. The molecule has 100 valence electrons. The molecule has 3 heteroatoms. The Morgan fingerprint density at radius 3 is 2.44 bits per heavy atom. The maximum absolute atomic E-state index is 10.7. The number of hydrogen-bond donors (Lipinski definition) is 1. The van der Waals surface area contributed by atoms with Crippen molar-refractivity contribution >= 4 is 5.97 Å². The van der Waals surface area contributed by atoms with Crippen LogP contribution in [0.2, 0.25) is 0 Å². The molecule has 0 unspecified atom stereocenters. The van der Waals surface area contributed by atoms with Gasteiger partial charge in [-0.05, 0) is 24.4 Å². The van der Waals surface area contributed by atoms with Gasteiger partial charge in [0.05, 0.1) is 6.42 Å². The first kappa shape index (κ1) is 14.7. The van der Waals surface area contributed by atoms with Crippen molar-refractivity contribution in [3.63, 3.8) is 0 Å². The molecule has 0 bridgehead atoms. The molecule has 0 atom stereocenters. The molecule has 0 saturated heterocycles. The summed E-state index contributed by atoms with van der Waals surface area (Å²) in [6.07, 6.45) is 1.32. The molecular weight excluding hydrogens is 226 g/mol. The van der Waals surface area contributed by atoms with Gasteiger partial charge in [-0.2, -0.15) is 0 Å². The van der Waals surface area contributed by atoms with E-state index in [0.717, 1.165) is 19.5 Å². The Morgan fingerprint density at radius 2 is 1.89 bits per heavy atom. The Labute approximate surface area is 109 Å². The summed E-state index contributed by atoms with van der Waals surface area (Å²) in [5, 5.41) is 8.78. The molecule has 0 aliphatic rings. The average molecular weight is 249 g/mol. The third kappa shape index (κ3) is 6.40. The first-order chi connectivity index (χ1) is 8.58. The summed E-state index contributed by atoms with van der Waals surface area (Å²) in [7, 11) is 0. The monoisotopic (exact) mass is 249 g/mol. The number of aliphatic carboxylic acids is 1. The topological polar surface area (TPSA) is 40.5 Å². The molecule has 3 nitrogen and oxygen atoms in total. The summed E-state index contributed by atoms with van der Waals surface area (Å²) in [5.41, 5.74) is 1.24. The van der Waals surface area contributed by atoms with Gasteiger partial charge in [-0.1, -0.05) is 44.2 Å². The molecule has 0 aliphatic heterocycles. The molecule has 0 aliphatic carbocycles. The van der Waals surface area contributed by atoms with Crippen LogP contribution in [0, 0.1) is 5.92 Å². The Balaban J connectivity index is 2.50. The first-order valence-corrected chi connectivity index (χ1v) is 6.56. The van der Waals surface area contributed by atoms with Crippen LogP contribution in [-0.2, 0) is 11.3 Å². The van der Waals surface area contributed by atoms with Gasteiger partial charge in [0.1, 0.15) is 0 Å². The maximum atomic E-state index is 10.7. The second-order valence-corrected chi connectivity index (χ2v) is 5.09. The highest BCUT2D eigenvalue weighted by molar-refractivity contribution is 5.66. The van der Waals surface area contributed by atoms with E-state index in [1.165, 1.54) is 5.56 Å². The smallest absolute Gasteiger partial charge is 0.304 e. The molecule has 0 saturated carbocycles. The summed E-state index contributed by atoms with van der Waals surface area (Å²) in [4.78, 5) is 12.9. The lowest BCUT2D eigenvalue weighted by Crippen LogP contribution is -2.28. The van der Waals surface area contributed by atoms with Crippen molar-refractivity contribution in [1.29, 1.82) is 0 Å². The molecule has 0 radical (unpaired) electrons. The van der Waals surface area contributed by atoms with E-state index in [1.54, 1.807) is 0 Å². The molecular formula is C15H23NO2. The number of benzene rings is 1. The highest BCUT2D eigenvalue weighted by atomic mass is 16.4. The van der Waals surface area contributed by atoms with E-state index in [9.17, 15) is 4.79 Å². The minimum atomic E-state index is -0.724. The number of carboxylic acids is 1. The van der Waals surface area contributed by atoms with Gasteiger partial charge >= 0.3 is 5.97 Å². The van der Waals surface area contributed by atoms with Gasteiger partial charge in [0.15, 0.2) is 0 Å². The molecule has 0 aromatic heterocycles. The van der Waals surface area contributed by atoms with Gasteiger partial charge in [0, 0.05) is 13.1 Å². The Hall–Kier alpha value is -1.35. The maximum Gasteiger partial charge on any atom is 0.304 e. The molecule has 1 aromatic rings. The van der Waals surface area contributed by atoms with Crippen molar-refractivity contribution in [3.05, 3.63) is 35.9 Å². The summed E-state index contributed by atoms with van der Waals surface area (Å²) >= 11 is 0. The van der Waals surface area contributed by atoms with E-state index >= 15 is 0 Å². The molecule has 18 heavy (non-hydrogen) atoms. The molecule has 1 aromatic carbocycles. The van der Waals surface area contributed by atoms with Crippen molar-refractivity contribution in [2.45, 2.75) is 33.2 Å². The number of rotatable bonds is 8. The fraction of sp³-hybridized carbons (Fsp3) is 0.533. The van der Waals surface area contributed by atoms with Crippen LogP contribution in [0.5, 0.6) is 0 Å². The fourth-order valence-electron chi connectivity index (χ4n) is 1.81. The zero-order chi connectivity index (χ0) is 13.4. The van der Waals surface area contributed by atoms with Gasteiger partial charge in [0.2, 0.25) is 0 Å². The van der Waals surface area contributed by atoms with Gasteiger partial charge < -0.3 is 5.11 Å². The van der Waals surface area contributed by atoms with Crippen molar-refractivity contribution in [1.82, 2.24) is 4.90 Å². The standard InChI is InChI=1S/C15H23NO2/c1-13(2)8-10-16(11-9-15(17)18)12-14-6-4-3-5-7-14/h3-7,13H,8-12H2,1-2H3,(H,17,18). The average Bonchev–Trinajstić information content (AvgIpc) is 2.33. The van der Waals surface area contributed by atoms with E-state index in [0.29, 0.717) is 12.5 Å². The zero-order valence-corrected chi connectivity index (χ0v) is 11.3. The van der Waals surface area contributed by atoms with E-state index in [4.69, 9.17) is 5.11 Å². The predicted molar refractivity (Wildman–Crippen MR) is 73.4 cm³/mol. The third-order valence-electron chi connectivity index (χ3n) is 2.91. The van der Waals surface area contributed by atoms with Crippen LogP contribution in [0.1, 0.15) is 32.3 Å². The second kappa shape index (κ2) is 7.88. The minimum Gasteiger partial charge on any atom is -0.481 e. The van der Waals surface area contributed by atoms with Crippen LogP contribution in [0.15, 0.2) is 30.3 Å². The summed E-state index contributed by atoms with van der Waals surface area (Å²) in [6, 6.07) is 10.2. The molecule has 0 spiro atoms. The SMILES string of the molecule is CC(C)CCN(CCC(=O)O)Cc1ccccc1. The molecule has 1 N–H and O–H groups in total. The van der Waals surface area contributed by atoms with Crippen LogP contribution in [0.25, 0.3) is 0 Å². The number of hydrogen-bond acceptors (Lipinski definition) is 2. The number of carbonyl (C=O) groups is 1. The highest BCUT2D eigenvalue weighted by Gasteiger charge is 2.09. The van der Waals surface area contributed by atoms with Crippen molar-refractivity contribution in [3.8, 4) is 0 Å². The highest BCUT2D eigenvalue weighted by Crippen LogP contribution is 2.08. The molecule has 0 amide bonds. The number of carboxylic acid groups (broad SMARTS) is 1. The number of nitrogens with zero attached hydrogens (tertiary/aromatic N) is 1. The Kier molecular flexibility index (Phi) is 6.44. The van der Waals surface area contributed by atoms with E-state index in [-0.39, 0.29) is 6.42 Å². The Morgan fingerprint density at radius 1 is 1.22 bits per heavy atom. The third-order valence-corrected chi connectivity index (χ3v) is 2.91. The van der Waals surface area contributed by atoms with Gasteiger partial charge in [-0.3, -0.25) is 9.69 Å². The Bertz CT molecular complexity index is 349. The largest absolute Gasteiger partial charge is 0.481 e. The van der Waals surface area contributed by atoms with Crippen LogP contribution in [-0.4, -0.2) is 29.1 Å². The lowest BCUT2D eigenvalue weighted by atomic mass is 10.1. The van der Waals surface area contributed by atoms with Crippen molar-refractivity contribution in [2.24, 2.45) is 5.92 Å².